The van der Waals surface area contributed by atoms with E-state index >= 15 is 0 Å². The van der Waals surface area contributed by atoms with E-state index in [1.165, 1.54) is 0 Å². The topological polar surface area (TPSA) is 84.9 Å². The molecule has 1 atom stereocenters. The van der Waals surface area contributed by atoms with Gasteiger partial charge in [0.25, 0.3) is 5.91 Å². The molecule has 0 spiro atoms. The molecule has 8 heteroatoms. The van der Waals surface area contributed by atoms with Gasteiger partial charge >= 0.3 is 5.97 Å². The fraction of sp³-hybridized carbons (Fsp3) is 0.297. The molecule has 3 heterocycles. The first kappa shape index (κ1) is 32.4. The lowest BCUT2D eigenvalue weighted by Crippen LogP contribution is -3.00. The summed E-state index contributed by atoms with van der Waals surface area (Å²) < 4.78 is 12.8. The van der Waals surface area contributed by atoms with E-state index in [9.17, 15) is 14.7 Å². The molecule has 45 heavy (non-hydrogen) atoms. The molecule has 0 aromatic heterocycles. The number of rotatable bonds is 11. The quantitative estimate of drug-likeness (QED) is 0.189. The first-order chi connectivity index (χ1) is 21.5. The number of fused-ring (bicyclic) bond motifs is 3. The summed E-state index contributed by atoms with van der Waals surface area (Å²) in [6.07, 6.45) is 1.61. The summed E-state index contributed by atoms with van der Waals surface area (Å²) in [5.41, 5.74) is 0.751. The SMILES string of the molecule is O=C(NCC[N+]12CCC(CC1)[C@@H](OC(=O)C(O)(c1ccccc1)c1ccccc1)C2)c1ccc(OCc2ccccc2)cc1.[Br-]. The van der Waals surface area contributed by atoms with Crippen LogP contribution in [0, 0.1) is 5.92 Å². The van der Waals surface area contributed by atoms with Crippen LogP contribution in [-0.2, 0) is 21.7 Å². The zero-order chi connectivity index (χ0) is 30.4. The van der Waals surface area contributed by atoms with Gasteiger partial charge in [0.1, 0.15) is 18.9 Å². The van der Waals surface area contributed by atoms with Crippen molar-refractivity contribution in [3.63, 3.8) is 0 Å². The lowest BCUT2D eigenvalue weighted by atomic mass is 9.82. The third kappa shape index (κ3) is 7.30. The summed E-state index contributed by atoms with van der Waals surface area (Å²) in [5.74, 6) is 0.221. The number of carbonyl (C=O) groups excluding carboxylic acids is 2. The van der Waals surface area contributed by atoms with Gasteiger partial charge in [-0.15, -0.1) is 0 Å². The van der Waals surface area contributed by atoms with Crippen molar-refractivity contribution in [1.82, 2.24) is 5.32 Å². The second-order valence-corrected chi connectivity index (χ2v) is 12.0. The number of quaternary nitrogens is 1. The monoisotopic (exact) mass is 670 g/mol. The minimum atomic E-state index is -1.89. The summed E-state index contributed by atoms with van der Waals surface area (Å²) in [5, 5.41) is 14.9. The van der Waals surface area contributed by atoms with Gasteiger partial charge in [0.2, 0.25) is 5.60 Å². The lowest BCUT2D eigenvalue weighted by molar-refractivity contribution is -0.945. The molecule has 4 aromatic rings. The van der Waals surface area contributed by atoms with Gasteiger partial charge in [0.05, 0.1) is 26.2 Å². The molecule has 234 valence electrons. The summed E-state index contributed by atoms with van der Waals surface area (Å²) in [6, 6.07) is 35.2. The number of hydrogen-bond acceptors (Lipinski definition) is 5. The second-order valence-electron chi connectivity index (χ2n) is 12.0. The largest absolute Gasteiger partial charge is 1.00 e. The Labute approximate surface area is 275 Å². The molecule has 3 saturated heterocycles. The standard InChI is InChI=1S/C37H38N2O5.BrH/c40-35(30-16-18-33(19-17-30)43-27-28-10-4-1-5-11-28)38-22-25-39-23-20-29(21-24-39)34(26-39)44-36(41)37(42,31-12-6-2-7-13-31)32-14-8-3-9-15-32;/h1-19,29,34,42H,20-27H2;1H/t29?,34-,39?;/m0./s1. The van der Waals surface area contributed by atoms with E-state index in [1.807, 2.05) is 78.9 Å². The molecule has 7 rings (SSSR count). The zero-order valence-electron chi connectivity index (χ0n) is 25.2. The Morgan fingerprint density at radius 2 is 1.36 bits per heavy atom. The average molecular weight is 672 g/mol. The van der Waals surface area contributed by atoms with Crippen LogP contribution < -0.4 is 27.0 Å². The van der Waals surface area contributed by atoms with Crippen LogP contribution in [0.25, 0.3) is 0 Å². The molecule has 2 bridgehead atoms. The van der Waals surface area contributed by atoms with E-state index in [1.54, 1.807) is 36.4 Å². The number of nitrogens with zero attached hydrogens (tertiary/aromatic N) is 1. The Kier molecular flexibility index (Phi) is 10.4. The lowest BCUT2D eigenvalue weighted by Gasteiger charge is -2.52. The molecule has 2 N–H and O–H groups in total. The maximum atomic E-state index is 13.8. The van der Waals surface area contributed by atoms with Gasteiger partial charge in [-0.3, -0.25) is 4.79 Å². The maximum absolute atomic E-state index is 13.8. The van der Waals surface area contributed by atoms with Crippen molar-refractivity contribution in [2.75, 3.05) is 32.7 Å². The number of carbonyl (C=O) groups is 2. The van der Waals surface area contributed by atoms with E-state index in [2.05, 4.69) is 5.32 Å². The predicted octanol–water partition coefficient (Wildman–Crippen LogP) is 2.09. The summed E-state index contributed by atoms with van der Waals surface area (Å²) in [7, 11) is 0. The van der Waals surface area contributed by atoms with Crippen LogP contribution in [0.3, 0.4) is 0 Å². The highest BCUT2D eigenvalue weighted by atomic mass is 79.9. The molecule has 0 unspecified atom stereocenters. The highest BCUT2D eigenvalue weighted by Gasteiger charge is 2.50. The van der Waals surface area contributed by atoms with Crippen LogP contribution in [-0.4, -0.2) is 60.3 Å². The van der Waals surface area contributed by atoms with Crippen LogP contribution >= 0.6 is 0 Å². The molecule has 7 nitrogen and oxygen atoms in total. The number of aliphatic hydroxyl groups is 1. The van der Waals surface area contributed by atoms with Gasteiger partial charge in [-0.2, -0.15) is 0 Å². The number of amides is 1. The van der Waals surface area contributed by atoms with Crippen LogP contribution in [0.15, 0.2) is 115 Å². The highest BCUT2D eigenvalue weighted by Crippen LogP contribution is 2.38. The van der Waals surface area contributed by atoms with Crippen LogP contribution in [0.4, 0.5) is 0 Å². The van der Waals surface area contributed by atoms with E-state index in [-0.39, 0.29) is 34.9 Å². The Bertz CT molecular complexity index is 1500. The molecule has 3 fully saturated rings. The summed E-state index contributed by atoms with van der Waals surface area (Å²) >= 11 is 0. The van der Waals surface area contributed by atoms with Crippen molar-refractivity contribution < 1.29 is 45.6 Å². The third-order valence-electron chi connectivity index (χ3n) is 9.21. The summed E-state index contributed by atoms with van der Waals surface area (Å²) in [6.45, 7) is 4.41. The van der Waals surface area contributed by atoms with Crippen molar-refractivity contribution in [3.05, 3.63) is 138 Å². The predicted molar refractivity (Wildman–Crippen MR) is 168 cm³/mol. The Balaban J connectivity index is 0.00000400. The molecular weight excluding hydrogens is 632 g/mol. The number of ether oxygens (including phenoxy) is 2. The fourth-order valence-electron chi connectivity index (χ4n) is 6.60. The van der Waals surface area contributed by atoms with E-state index in [4.69, 9.17) is 9.47 Å². The number of halogens is 1. The van der Waals surface area contributed by atoms with E-state index in [0.717, 1.165) is 42.5 Å². The molecule has 4 aromatic carbocycles. The molecule has 0 aliphatic carbocycles. The van der Waals surface area contributed by atoms with Crippen LogP contribution in [0.2, 0.25) is 0 Å². The van der Waals surface area contributed by atoms with Crippen LogP contribution in [0.5, 0.6) is 5.75 Å². The molecule has 0 radical (unpaired) electrons. The number of nitrogens with one attached hydrogen (secondary N) is 1. The Hall–Kier alpha value is -3.98. The van der Waals surface area contributed by atoms with Gasteiger partial charge in [-0.1, -0.05) is 91.0 Å². The van der Waals surface area contributed by atoms with Crippen molar-refractivity contribution >= 4 is 11.9 Å². The van der Waals surface area contributed by atoms with Gasteiger partial charge in [-0.05, 0) is 41.0 Å². The third-order valence-corrected chi connectivity index (χ3v) is 9.21. The van der Waals surface area contributed by atoms with Crippen molar-refractivity contribution in [1.29, 1.82) is 0 Å². The average Bonchev–Trinajstić information content (AvgIpc) is 3.09. The normalized spacial score (nSPS) is 20.5. The molecule has 3 aliphatic rings. The minimum absolute atomic E-state index is 0. The first-order valence-corrected chi connectivity index (χ1v) is 15.4. The molecular formula is C37H39BrN2O5. The van der Waals surface area contributed by atoms with Crippen molar-refractivity contribution in [2.24, 2.45) is 5.92 Å². The number of esters is 1. The van der Waals surface area contributed by atoms with Gasteiger partial charge < -0.3 is 41.4 Å². The maximum Gasteiger partial charge on any atom is 0.348 e. The molecule has 0 saturated carbocycles. The van der Waals surface area contributed by atoms with Crippen molar-refractivity contribution in [2.45, 2.75) is 31.2 Å². The number of hydrogen-bond donors (Lipinski definition) is 2. The Morgan fingerprint density at radius 3 is 1.93 bits per heavy atom. The van der Waals surface area contributed by atoms with Gasteiger partial charge in [-0.25, -0.2) is 4.79 Å². The van der Waals surface area contributed by atoms with Gasteiger partial charge in [0.15, 0.2) is 6.10 Å². The number of piperidine rings is 3. The zero-order valence-corrected chi connectivity index (χ0v) is 26.8. The fourth-order valence-corrected chi connectivity index (χ4v) is 6.60. The van der Waals surface area contributed by atoms with E-state index in [0.29, 0.717) is 42.1 Å². The smallest absolute Gasteiger partial charge is 0.348 e. The second kappa shape index (κ2) is 14.4. The van der Waals surface area contributed by atoms with Crippen molar-refractivity contribution in [3.8, 4) is 5.75 Å². The Morgan fingerprint density at radius 1 is 0.800 bits per heavy atom. The number of benzene rings is 4. The highest BCUT2D eigenvalue weighted by molar-refractivity contribution is 5.94. The molecule has 1 amide bonds. The van der Waals surface area contributed by atoms with Crippen LogP contribution in [0.1, 0.15) is 39.9 Å². The minimum Gasteiger partial charge on any atom is -1.00 e. The first-order valence-electron chi connectivity index (χ1n) is 15.4. The summed E-state index contributed by atoms with van der Waals surface area (Å²) in [4.78, 5) is 26.7. The molecule has 3 aliphatic heterocycles. The van der Waals surface area contributed by atoms with Gasteiger partial charge in [0, 0.05) is 24.3 Å². The van der Waals surface area contributed by atoms with E-state index < -0.39 is 11.6 Å².